The van der Waals surface area contributed by atoms with Crippen molar-refractivity contribution in [3.05, 3.63) is 36.1 Å². The summed E-state index contributed by atoms with van der Waals surface area (Å²) in [5, 5.41) is 11.9. The molecule has 3 aromatic rings. The molecule has 23 heavy (non-hydrogen) atoms. The Kier molecular flexibility index (Phi) is 3.56. The molecule has 1 aromatic heterocycles. The Morgan fingerprint density at radius 2 is 1.78 bits per heavy atom. The number of benzene rings is 2. The van der Waals surface area contributed by atoms with Crippen molar-refractivity contribution in [2.24, 2.45) is 5.92 Å². The van der Waals surface area contributed by atoms with Gasteiger partial charge in [0.05, 0.1) is 11.3 Å². The standard InChI is InChI=1S/C18H16O5/c1-9(2)18(21)23-16-12-7-5-4-6-11(12)15(20)13-8-14(10(3)19)22-17(13)16/h4-9,20H,1-3H3. The summed E-state index contributed by atoms with van der Waals surface area (Å²) >= 11 is 0. The Bertz CT molecular complexity index is 933. The van der Waals surface area contributed by atoms with Crippen LogP contribution in [0.4, 0.5) is 0 Å². The number of ketones is 1. The second kappa shape index (κ2) is 5.43. The quantitative estimate of drug-likeness (QED) is 0.448. The van der Waals surface area contributed by atoms with E-state index in [4.69, 9.17) is 9.15 Å². The first kappa shape index (κ1) is 15.1. The van der Waals surface area contributed by atoms with E-state index in [1.54, 1.807) is 38.1 Å². The number of carbonyl (C=O) groups excluding carboxylic acids is 2. The predicted molar refractivity (Wildman–Crippen MR) is 85.9 cm³/mol. The molecule has 0 aliphatic rings. The maximum Gasteiger partial charge on any atom is 0.313 e. The molecule has 0 amide bonds. The first-order valence-corrected chi connectivity index (χ1v) is 7.30. The molecule has 0 bridgehead atoms. The van der Waals surface area contributed by atoms with Crippen LogP contribution in [0.5, 0.6) is 11.5 Å². The number of ether oxygens (including phenoxy) is 1. The van der Waals surface area contributed by atoms with Crippen LogP contribution in [0.1, 0.15) is 31.3 Å². The van der Waals surface area contributed by atoms with E-state index in [9.17, 15) is 14.7 Å². The smallest absolute Gasteiger partial charge is 0.313 e. The third-order valence-corrected chi connectivity index (χ3v) is 3.64. The average molecular weight is 312 g/mol. The molecule has 0 radical (unpaired) electrons. The molecule has 5 heteroatoms. The number of hydrogen-bond donors (Lipinski definition) is 1. The van der Waals surface area contributed by atoms with Crippen LogP contribution in [0.15, 0.2) is 34.7 Å². The molecule has 0 fully saturated rings. The van der Waals surface area contributed by atoms with Crippen molar-refractivity contribution < 1.29 is 23.8 Å². The van der Waals surface area contributed by atoms with Gasteiger partial charge in [-0.2, -0.15) is 0 Å². The number of furan rings is 1. The summed E-state index contributed by atoms with van der Waals surface area (Å²) in [5.41, 5.74) is 0.195. The number of carbonyl (C=O) groups is 2. The minimum atomic E-state index is -0.414. The molecule has 3 rings (SSSR count). The molecule has 1 N–H and O–H groups in total. The van der Waals surface area contributed by atoms with Gasteiger partial charge in [-0.25, -0.2) is 0 Å². The number of rotatable bonds is 3. The lowest BCUT2D eigenvalue weighted by Crippen LogP contribution is -2.15. The topological polar surface area (TPSA) is 76.7 Å². The Hall–Kier alpha value is -2.82. The fourth-order valence-electron chi connectivity index (χ4n) is 2.38. The van der Waals surface area contributed by atoms with Crippen molar-refractivity contribution in [3.8, 4) is 11.5 Å². The first-order chi connectivity index (χ1) is 10.9. The number of esters is 1. The molecular formula is C18H16O5. The minimum Gasteiger partial charge on any atom is -0.507 e. The zero-order valence-electron chi connectivity index (χ0n) is 13.0. The minimum absolute atomic E-state index is 0.00352. The van der Waals surface area contributed by atoms with Gasteiger partial charge in [0, 0.05) is 17.7 Å². The van der Waals surface area contributed by atoms with E-state index in [1.165, 1.54) is 13.0 Å². The Labute approximate surface area is 132 Å². The van der Waals surface area contributed by atoms with Crippen molar-refractivity contribution in [3.63, 3.8) is 0 Å². The van der Waals surface area contributed by atoms with Gasteiger partial charge in [-0.15, -0.1) is 0 Å². The molecule has 1 heterocycles. The maximum absolute atomic E-state index is 12.0. The van der Waals surface area contributed by atoms with Crippen LogP contribution in [0.2, 0.25) is 0 Å². The highest BCUT2D eigenvalue weighted by atomic mass is 16.5. The zero-order valence-corrected chi connectivity index (χ0v) is 13.0. The molecule has 0 spiro atoms. The highest BCUT2D eigenvalue weighted by Gasteiger charge is 2.22. The summed E-state index contributed by atoms with van der Waals surface area (Å²) in [7, 11) is 0. The lowest BCUT2D eigenvalue weighted by Gasteiger charge is -2.11. The Morgan fingerprint density at radius 1 is 1.13 bits per heavy atom. The molecule has 0 saturated heterocycles. The van der Waals surface area contributed by atoms with E-state index in [0.29, 0.717) is 16.2 Å². The van der Waals surface area contributed by atoms with Gasteiger partial charge in [-0.3, -0.25) is 9.59 Å². The van der Waals surface area contributed by atoms with Crippen LogP contribution in [-0.4, -0.2) is 16.9 Å². The van der Waals surface area contributed by atoms with Gasteiger partial charge >= 0.3 is 5.97 Å². The molecule has 118 valence electrons. The monoisotopic (exact) mass is 312 g/mol. The van der Waals surface area contributed by atoms with Crippen LogP contribution in [0, 0.1) is 5.92 Å². The summed E-state index contributed by atoms with van der Waals surface area (Å²) in [5.74, 6) is -0.684. The summed E-state index contributed by atoms with van der Waals surface area (Å²) in [4.78, 5) is 23.6. The van der Waals surface area contributed by atoms with Gasteiger partial charge in [0.25, 0.3) is 0 Å². The van der Waals surface area contributed by atoms with Crippen LogP contribution in [-0.2, 0) is 4.79 Å². The lowest BCUT2D eigenvalue weighted by atomic mass is 10.1. The van der Waals surface area contributed by atoms with Crippen molar-refractivity contribution in [2.45, 2.75) is 20.8 Å². The van der Waals surface area contributed by atoms with Crippen LogP contribution < -0.4 is 4.74 Å². The lowest BCUT2D eigenvalue weighted by molar-refractivity contribution is -0.137. The molecule has 0 saturated carbocycles. The normalized spacial score (nSPS) is 11.3. The third-order valence-electron chi connectivity index (χ3n) is 3.64. The van der Waals surface area contributed by atoms with Gasteiger partial charge in [0.15, 0.2) is 22.9 Å². The summed E-state index contributed by atoms with van der Waals surface area (Å²) in [6.07, 6.45) is 0. The molecule has 2 aromatic carbocycles. The number of phenolic OH excluding ortho intramolecular Hbond substituents is 1. The SMILES string of the molecule is CC(=O)c1cc2c(O)c3ccccc3c(OC(=O)C(C)C)c2o1. The number of phenols is 1. The molecule has 0 unspecified atom stereocenters. The predicted octanol–water partition coefficient (Wildman–Crippen LogP) is 4.06. The second-order valence-corrected chi connectivity index (χ2v) is 5.71. The number of fused-ring (bicyclic) bond motifs is 2. The number of Topliss-reactive ketones (excluding diaryl/α,β-unsaturated/α-hetero) is 1. The molecule has 0 atom stereocenters. The van der Waals surface area contributed by atoms with Gasteiger partial charge in [-0.05, 0) is 6.07 Å². The van der Waals surface area contributed by atoms with E-state index in [0.717, 1.165) is 0 Å². The highest BCUT2D eigenvalue weighted by molar-refractivity contribution is 6.11. The van der Waals surface area contributed by atoms with E-state index in [1.807, 2.05) is 0 Å². The number of aromatic hydroxyl groups is 1. The molecule has 5 nitrogen and oxygen atoms in total. The summed E-state index contributed by atoms with van der Waals surface area (Å²) in [6, 6.07) is 8.46. The van der Waals surface area contributed by atoms with Gasteiger partial charge < -0.3 is 14.3 Å². The Balaban J connectivity index is 2.38. The zero-order chi connectivity index (χ0) is 16.7. The van der Waals surface area contributed by atoms with Crippen molar-refractivity contribution >= 4 is 33.5 Å². The molecule has 0 aliphatic carbocycles. The van der Waals surface area contributed by atoms with Crippen molar-refractivity contribution in [1.29, 1.82) is 0 Å². The molecule has 0 aliphatic heterocycles. The van der Waals surface area contributed by atoms with Crippen LogP contribution in [0.3, 0.4) is 0 Å². The molecular weight excluding hydrogens is 296 g/mol. The summed E-state index contributed by atoms with van der Waals surface area (Å²) in [6.45, 7) is 4.82. The van der Waals surface area contributed by atoms with Crippen molar-refractivity contribution in [2.75, 3.05) is 0 Å². The highest BCUT2D eigenvalue weighted by Crippen LogP contribution is 2.43. The van der Waals surface area contributed by atoms with Crippen molar-refractivity contribution in [1.82, 2.24) is 0 Å². The number of hydrogen-bond acceptors (Lipinski definition) is 5. The Morgan fingerprint density at radius 3 is 2.39 bits per heavy atom. The second-order valence-electron chi connectivity index (χ2n) is 5.71. The van der Waals surface area contributed by atoms with Gasteiger partial charge in [0.2, 0.25) is 0 Å². The first-order valence-electron chi connectivity index (χ1n) is 7.30. The maximum atomic E-state index is 12.0. The fourth-order valence-corrected chi connectivity index (χ4v) is 2.38. The average Bonchev–Trinajstić information content (AvgIpc) is 2.96. The van der Waals surface area contributed by atoms with E-state index in [2.05, 4.69) is 0 Å². The fraction of sp³-hybridized carbons (Fsp3) is 0.222. The van der Waals surface area contributed by atoms with Gasteiger partial charge in [-0.1, -0.05) is 38.1 Å². The van der Waals surface area contributed by atoms with E-state index in [-0.39, 0.29) is 34.5 Å². The largest absolute Gasteiger partial charge is 0.507 e. The van der Waals surface area contributed by atoms with E-state index < -0.39 is 5.97 Å². The third kappa shape index (κ3) is 2.44. The van der Waals surface area contributed by atoms with Gasteiger partial charge in [0.1, 0.15) is 5.75 Å². The summed E-state index contributed by atoms with van der Waals surface area (Å²) < 4.78 is 11.0. The van der Waals surface area contributed by atoms with Crippen LogP contribution in [0.25, 0.3) is 21.7 Å². The van der Waals surface area contributed by atoms with E-state index >= 15 is 0 Å². The van der Waals surface area contributed by atoms with Crippen LogP contribution >= 0.6 is 0 Å².